The van der Waals surface area contributed by atoms with Crippen LogP contribution in [0, 0.1) is 5.92 Å². The quantitative estimate of drug-likeness (QED) is 0.740. The highest BCUT2D eigenvalue weighted by atomic mass is 35.5. The Balaban J connectivity index is 2.14. The summed E-state index contributed by atoms with van der Waals surface area (Å²) in [6.45, 7) is 1.15. The third-order valence-corrected chi connectivity index (χ3v) is 3.31. The summed E-state index contributed by atoms with van der Waals surface area (Å²) in [6.07, 6.45) is -2.37. The highest BCUT2D eigenvalue weighted by molar-refractivity contribution is 6.30. The smallest absolute Gasteiger partial charge is 0.416 e. The Labute approximate surface area is 129 Å². The Morgan fingerprint density at radius 3 is 2.50 bits per heavy atom. The fourth-order valence-corrected chi connectivity index (χ4v) is 2.11. The van der Waals surface area contributed by atoms with Gasteiger partial charge in [-0.1, -0.05) is 11.6 Å². The average molecular weight is 335 g/mol. The summed E-state index contributed by atoms with van der Waals surface area (Å²) in [5.74, 6) is -2.01. The Kier molecular flexibility index (Phi) is 4.60. The van der Waals surface area contributed by atoms with E-state index in [1.807, 2.05) is 0 Å². The lowest BCUT2D eigenvalue weighted by atomic mass is 9.99. The van der Waals surface area contributed by atoms with E-state index >= 15 is 0 Å². The van der Waals surface area contributed by atoms with E-state index in [0.717, 1.165) is 24.3 Å². The zero-order chi connectivity index (χ0) is 16.5. The molecular formula is C15H11ClF4O2. The summed E-state index contributed by atoms with van der Waals surface area (Å²) in [6, 6.07) is 3.00. The molecule has 1 aromatic carbocycles. The largest absolute Gasteiger partial charge is 0.489 e. The lowest BCUT2D eigenvalue weighted by Gasteiger charge is -2.15. The van der Waals surface area contributed by atoms with E-state index in [-0.39, 0.29) is 23.0 Å². The zero-order valence-corrected chi connectivity index (χ0v) is 12.1. The summed E-state index contributed by atoms with van der Waals surface area (Å²) in [7, 11) is 0. The van der Waals surface area contributed by atoms with Gasteiger partial charge in [-0.3, -0.25) is 4.79 Å². The Morgan fingerprint density at radius 2 is 1.91 bits per heavy atom. The first-order chi connectivity index (χ1) is 10.2. The lowest BCUT2D eigenvalue weighted by Crippen LogP contribution is -2.14. The van der Waals surface area contributed by atoms with E-state index < -0.39 is 29.3 Å². The van der Waals surface area contributed by atoms with Crippen LogP contribution < -0.4 is 0 Å². The van der Waals surface area contributed by atoms with Crippen molar-refractivity contribution in [3.05, 3.63) is 58.1 Å². The standard InChI is InChI=1S/C15H11ClF4O2/c1-8-13(17)5-12(6-14(8)21)22-7-9-2-10(15(18,19)20)4-11(16)3-9/h2-6,8H,7H2,1H3. The minimum Gasteiger partial charge on any atom is -0.489 e. The number of hydrogen-bond acceptors (Lipinski definition) is 2. The van der Waals surface area contributed by atoms with Crippen molar-refractivity contribution in [1.82, 2.24) is 0 Å². The number of ether oxygens (including phenoxy) is 1. The molecule has 0 spiro atoms. The molecule has 0 radical (unpaired) electrons. The van der Waals surface area contributed by atoms with Crippen LogP contribution in [-0.4, -0.2) is 5.78 Å². The second-order valence-electron chi connectivity index (χ2n) is 4.83. The van der Waals surface area contributed by atoms with Crippen molar-refractivity contribution in [2.24, 2.45) is 5.92 Å². The van der Waals surface area contributed by atoms with Crippen molar-refractivity contribution in [2.75, 3.05) is 0 Å². The van der Waals surface area contributed by atoms with Crippen LogP contribution in [0.15, 0.2) is 41.9 Å². The molecular weight excluding hydrogens is 324 g/mol. The van der Waals surface area contributed by atoms with Crippen LogP contribution in [0.5, 0.6) is 0 Å². The highest BCUT2D eigenvalue weighted by Gasteiger charge is 2.31. The van der Waals surface area contributed by atoms with Gasteiger partial charge in [-0.15, -0.1) is 0 Å². The summed E-state index contributed by atoms with van der Waals surface area (Å²) >= 11 is 5.65. The molecule has 1 aliphatic rings. The Bertz CT molecular complexity index is 662. The van der Waals surface area contributed by atoms with Crippen molar-refractivity contribution in [3.63, 3.8) is 0 Å². The van der Waals surface area contributed by atoms with E-state index in [4.69, 9.17) is 16.3 Å². The van der Waals surface area contributed by atoms with Crippen molar-refractivity contribution in [1.29, 1.82) is 0 Å². The SMILES string of the molecule is CC1C(=O)C=C(OCc2cc(Cl)cc(C(F)(F)F)c2)C=C1F. The van der Waals surface area contributed by atoms with Crippen molar-refractivity contribution < 1.29 is 27.1 Å². The second kappa shape index (κ2) is 6.12. The molecule has 7 heteroatoms. The molecule has 0 heterocycles. The molecule has 0 fully saturated rings. The number of alkyl halides is 3. The predicted molar refractivity (Wildman–Crippen MR) is 72.7 cm³/mol. The fraction of sp³-hybridized carbons (Fsp3) is 0.267. The molecule has 0 aliphatic heterocycles. The number of allylic oxidation sites excluding steroid dienone is 3. The molecule has 22 heavy (non-hydrogen) atoms. The van der Waals surface area contributed by atoms with Crippen LogP contribution in [0.25, 0.3) is 0 Å². The summed E-state index contributed by atoms with van der Waals surface area (Å²) < 4.78 is 56.6. The van der Waals surface area contributed by atoms with Gasteiger partial charge in [0.25, 0.3) is 0 Å². The number of ketones is 1. The Hall–Kier alpha value is -1.82. The molecule has 2 nitrogen and oxygen atoms in total. The van der Waals surface area contributed by atoms with Gasteiger partial charge in [0.15, 0.2) is 5.78 Å². The molecule has 1 aliphatic carbocycles. The van der Waals surface area contributed by atoms with Crippen LogP contribution in [-0.2, 0) is 22.3 Å². The summed E-state index contributed by atoms with van der Waals surface area (Å²) in [5.41, 5.74) is -0.733. The minimum atomic E-state index is -4.53. The molecule has 1 unspecified atom stereocenters. The highest BCUT2D eigenvalue weighted by Crippen LogP contribution is 2.32. The predicted octanol–water partition coefficient (Wildman–Crippen LogP) is 4.83. The third kappa shape index (κ3) is 3.88. The molecule has 0 saturated heterocycles. The third-order valence-electron chi connectivity index (χ3n) is 3.10. The van der Waals surface area contributed by atoms with E-state index in [1.54, 1.807) is 0 Å². The molecule has 0 N–H and O–H groups in total. The van der Waals surface area contributed by atoms with Crippen LogP contribution in [0.4, 0.5) is 17.6 Å². The van der Waals surface area contributed by atoms with Gasteiger partial charge in [0.05, 0.1) is 11.5 Å². The summed E-state index contributed by atoms with van der Waals surface area (Å²) in [4.78, 5) is 11.5. The van der Waals surface area contributed by atoms with E-state index in [2.05, 4.69) is 0 Å². The topological polar surface area (TPSA) is 26.3 Å². The normalized spacial score (nSPS) is 18.8. The molecule has 0 saturated carbocycles. The number of carbonyl (C=O) groups excluding carboxylic acids is 1. The van der Waals surface area contributed by atoms with Crippen LogP contribution in [0.3, 0.4) is 0 Å². The van der Waals surface area contributed by atoms with E-state index in [9.17, 15) is 22.4 Å². The Morgan fingerprint density at radius 1 is 1.23 bits per heavy atom. The number of carbonyl (C=O) groups is 1. The molecule has 2 rings (SSSR count). The maximum Gasteiger partial charge on any atom is 0.416 e. The van der Waals surface area contributed by atoms with Gasteiger partial charge in [0, 0.05) is 17.2 Å². The van der Waals surface area contributed by atoms with Gasteiger partial charge >= 0.3 is 6.18 Å². The zero-order valence-electron chi connectivity index (χ0n) is 11.4. The van der Waals surface area contributed by atoms with Crippen molar-refractivity contribution in [3.8, 4) is 0 Å². The number of halogens is 5. The van der Waals surface area contributed by atoms with Crippen LogP contribution in [0.2, 0.25) is 5.02 Å². The molecule has 0 bridgehead atoms. The van der Waals surface area contributed by atoms with E-state index in [0.29, 0.717) is 0 Å². The maximum absolute atomic E-state index is 13.4. The van der Waals surface area contributed by atoms with Gasteiger partial charge in [-0.05, 0) is 30.7 Å². The number of hydrogen-bond donors (Lipinski definition) is 0. The van der Waals surface area contributed by atoms with Crippen molar-refractivity contribution in [2.45, 2.75) is 19.7 Å². The monoisotopic (exact) mass is 334 g/mol. The van der Waals surface area contributed by atoms with Crippen molar-refractivity contribution >= 4 is 17.4 Å². The molecule has 118 valence electrons. The second-order valence-corrected chi connectivity index (χ2v) is 5.27. The number of rotatable bonds is 3. The van der Waals surface area contributed by atoms with E-state index in [1.165, 1.54) is 13.0 Å². The number of benzene rings is 1. The molecule has 1 aromatic rings. The molecule has 0 aromatic heterocycles. The van der Waals surface area contributed by atoms with Crippen LogP contribution >= 0.6 is 11.6 Å². The first-order valence-electron chi connectivity index (χ1n) is 6.29. The first kappa shape index (κ1) is 16.5. The first-order valence-corrected chi connectivity index (χ1v) is 6.66. The average Bonchev–Trinajstić information content (AvgIpc) is 2.41. The van der Waals surface area contributed by atoms with Gasteiger partial charge < -0.3 is 4.74 Å². The fourth-order valence-electron chi connectivity index (χ4n) is 1.85. The molecule has 0 amide bonds. The van der Waals surface area contributed by atoms with Gasteiger partial charge in [-0.25, -0.2) is 4.39 Å². The molecule has 1 atom stereocenters. The van der Waals surface area contributed by atoms with Gasteiger partial charge in [0.2, 0.25) is 0 Å². The van der Waals surface area contributed by atoms with Crippen LogP contribution in [0.1, 0.15) is 18.1 Å². The lowest BCUT2D eigenvalue weighted by molar-refractivity contribution is -0.137. The van der Waals surface area contributed by atoms with Gasteiger partial charge in [-0.2, -0.15) is 13.2 Å². The maximum atomic E-state index is 13.4. The minimum absolute atomic E-state index is 0.0332. The summed E-state index contributed by atoms with van der Waals surface area (Å²) in [5, 5.41) is -0.0857. The van der Waals surface area contributed by atoms with Gasteiger partial charge in [0.1, 0.15) is 18.2 Å².